The van der Waals surface area contributed by atoms with E-state index in [4.69, 9.17) is 5.11 Å². The van der Waals surface area contributed by atoms with Crippen LogP contribution in [-0.4, -0.2) is 34.5 Å². The molecule has 1 N–H and O–H groups in total. The first-order chi connectivity index (χ1) is 8.80. The summed E-state index contributed by atoms with van der Waals surface area (Å²) in [5.74, 6) is 1.56. The summed E-state index contributed by atoms with van der Waals surface area (Å²) >= 11 is 3.57. The van der Waals surface area contributed by atoms with Crippen LogP contribution in [0.15, 0.2) is 0 Å². The Morgan fingerprint density at radius 2 is 1.95 bits per heavy atom. The quantitative estimate of drug-likeness (QED) is 0.770. The van der Waals surface area contributed by atoms with Crippen molar-refractivity contribution in [1.82, 2.24) is 4.90 Å². The number of carboxylic acid groups (broad SMARTS) is 1. The van der Waals surface area contributed by atoms with Crippen molar-refractivity contribution in [1.29, 1.82) is 0 Å². The molecule has 0 aromatic heterocycles. The largest absolute Gasteiger partial charge is 0.465 e. The van der Waals surface area contributed by atoms with Crippen LogP contribution in [0, 0.1) is 22.7 Å². The Morgan fingerprint density at radius 1 is 1.37 bits per heavy atom. The lowest BCUT2D eigenvalue weighted by Gasteiger charge is -2.63. The molecule has 3 nitrogen and oxygen atoms in total. The molecule has 1 spiro atoms. The van der Waals surface area contributed by atoms with Crippen molar-refractivity contribution in [3.05, 3.63) is 0 Å². The van der Waals surface area contributed by atoms with E-state index in [1.807, 2.05) is 0 Å². The molecule has 110 valence electrons. The van der Waals surface area contributed by atoms with Crippen LogP contribution < -0.4 is 0 Å². The Hall–Kier alpha value is -0.250. The second kappa shape index (κ2) is 5.27. The van der Waals surface area contributed by atoms with Crippen molar-refractivity contribution in [2.24, 2.45) is 22.7 Å². The van der Waals surface area contributed by atoms with Gasteiger partial charge in [-0.3, -0.25) is 0 Å². The number of alkyl halides is 1. The third-order valence-corrected chi connectivity index (χ3v) is 5.70. The molecule has 0 aromatic carbocycles. The number of halogens is 1. The maximum Gasteiger partial charge on any atom is 0.407 e. The van der Waals surface area contributed by atoms with Gasteiger partial charge in [0.1, 0.15) is 0 Å². The zero-order valence-electron chi connectivity index (χ0n) is 12.3. The molecule has 1 aliphatic heterocycles. The minimum Gasteiger partial charge on any atom is -0.465 e. The van der Waals surface area contributed by atoms with Gasteiger partial charge in [0.2, 0.25) is 0 Å². The average Bonchev–Trinajstić information content (AvgIpc) is 2.26. The van der Waals surface area contributed by atoms with E-state index >= 15 is 0 Å². The SMILES string of the molecule is CC(C)(C)C1C(CCBr)CC12CCN(C(=O)O)CC2. The molecule has 2 rings (SSSR count). The number of piperidine rings is 1. The van der Waals surface area contributed by atoms with Gasteiger partial charge in [0, 0.05) is 18.4 Å². The highest BCUT2D eigenvalue weighted by Gasteiger charge is 2.57. The van der Waals surface area contributed by atoms with Gasteiger partial charge in [-0.2, -0.15) is 0 Å². The zero-order valence-corrected chi connectivity index (χ0v) is 13.9. The van der Waals surface area contributed by atoms with Crippen molar-refractivity contribution in [3.8, 4) is 0 Å². The number of hydrogen-bond acceptors (Lipinski definition) is 1. The highest BCUT2D eigenvalue weighted by Crippen LogP contribution is 2.64. The third-order valence-electron chi connectivity index (χ3n) is 5.24. The number of amides is 1. The Kier molecular flexibility index (Phi) is 4.20. The first kappa shape index (κ1) is 15.1. The molecule has 1 saturated heterocycles. The molecule has 2 fully saturated rings. The van der Waals surface area contributed by atoms with E-state index in [1.54, 1.807) is 4.90 Å². The van der Waals surface area contributed by atoms with Crippen molar-refractivity contribution >= 4 is 22.0 Å². The van der Waals surface area contributed by atoms with Gasteiger partial charge in [-0.05, 0) is 48.3 Å². The van der Waals surface area contributed by atoms with Crippen LogP contribution in [-0.2, 0) is 0 Å². The fourth-order valence-corrected chi connectivity index (χ4v) is 5.39. The molecule has 0 radical (unpaired) electrons. The Balaban J connectivity index is 2.06. The molecule has 1 aliphatic carbocycles. The molecule has 0 bridgehead atoms. The smallest absolute Gasteiger partial charge is 0.407 e. The van der Waals surface area contributed by atoms with E-state index in [1.165, 1.54) is 12.8 Å². The highest BCUT2D eigenvalue weighted by atomic mass is 79.9. The lowest BCUT2D eigenvalue weighted by Crippen LogP contribution is -2.58. The van der Waals surface area contributed by atoms with E-state index in [9.17, 15) is 4.79 Å². The van der Waals surface area contributed by atoms with Crippen LogP contribution in [0.3, 0.4) is 0 Å². The second-order valence-corrected chi connectivity index (χ2v) is 8.21. The lowest BCUT2D eigenvalue weighted by atomic mass is 9.43. The van der Waals surface area contributed by atoms with Gasteiger partial charge in [0.15, 0.2) is 0 Å². The first-order valence-electron chi connectivity index (χ1n) is 7.34. The van der Waals surface area contributed by atoms with Crippen molar-refractivity contribution < 1.29 is 9.90 Å². The van der Waals surface area contributed by atoms with E-state index in [-0.39, 0.29) is 0 Å². The number of nitrogens with zero attached hydrogens (tertiary/aromatic N) is 1. The average molecular weight is 332 g/mol. The molecule has 0 aromatic rings. The summed E-state index contributed by atoms with van der Waals surface area (Å²) in [6, 6.07) is 0. The van der Waals surface area contributed by atoms with Gasteiger partial charge in [-0.25, -0.2) is 4.79 Å². The van der Waals surface area contributed by atoms with E-state index < -0.39 is 6.09 Å². The van der Waals surface area contributed by atoms with Crippen LogP contribution in [0.1, 0.15) is 46.5 Å². The van der Waals surface area contributed by atoms with Crippen LogP contribution in [0.2, 0.25) is 0 Å². The molecule has 1 amide bonds. The second-order valence-electron chi connectivity index (χ2n) is 7.42. The Bertz CT molecular complexity index is 343. The predicted octanol–water partition coefficient (Wildman–Crippen LogP) is 4.21. The minimum atomic E-state index is -0.751. The minimum absolute atomic E-state index is 0.330. The topological polar surface area (TPSA) is 40.5 Å². The van der Waals surface area contributed by atoms with Crippen molar-refractivity contribution in [2.75, 3.05) is 18.4 Å². The molecular weight excluding hydrogens is 306 g/mol. The van der Waals surface area contributed by atoms with Gasteiger partial charge in [-0.15, -0.1) is 0 Å². The van der Waals surface area contributed by atoms with Crippen LogP contribution >= 0.6 is 15.9 Å². The normalized spacial score (nSPS) is 30.2. The van der Waals surface area contributed by atoms with Crippen molar-refractivity contribution in [2.45, 2.75) is 46.5 Å². The molecule has 1 saturated carbocycles. The van der Waals surface area contributed by atoms with E-state index in [0.29, 0.717) is 10.8 Å². The van der Waals surface area contributed by atoms with Crippen LogP contribution in [0.5, 0.6) is 0 Å². The summed E-state index contributed by atoms with van der Waals surface area (Å²) in [7, 11) is 0. The molecular formula is C15H26BrNO2. The summed E-state index contributed by atoms with van der Waals surface area (Å²) in [6.45, 7) is 8.50. The molecule has 2 atom stereocenters. The van der Waals surface area contributed by atoms with E-state index in [0.717, 1.165) is 43.1 Å². The maximum absolute atomic E-state index is 11.0. The van der Waals surface area contributed by atoms with Crippen molar-refractivity contribution in [3.63, 3.8) is 0 Å². The van der Waals surface area contributed by atoms with Gasteiger partial charge in [0.25, 0.3) is 0 Å². The molecule has 4 heteroatoms. The number of hydrogen-bond donors (Lipinski definition) is 1. The van der Waals surface area contributed by atoms with Crippen LogP contribution in [0.4, 0.5) is 4.79 Å². The Morgan fingerprint density at radius 3 is 2.37 bits per heavy atom. The number of carbonyl (C=O) groups is 1. The molecule has 19 heavy (non-hydrogen) atoms. The predicted molar refractivity (Wildman–Crippen MR) is 80.7 cm³/mol. The number of likely N-dealkylation sites (tertiary alicyclic amines) is 1. The summed E-state index contributed by atoms with van der Waals surface area (Å²) in [4.78, 5) is 12.6. The third kappa shape index (κ3) is 2.79. The number of rotatable bonds is 2. The Labute approximate surface area is 124 Å². The fourth-order valence-electron chi connectivity index (χ4n) is 4.80. The molecule has 2 unspecified atom stereocenters. The monoisotopic (exact) mass is 331 g/mol. The lowest BCUT2D eigenvalue weighted by molar-refractivity contribution is -0.136. The summed E-state index contributed by atoms with van der Waals surface area (Å²) in [5.41, 5.74) is 0.744. The first-order valence-corrected chi connectivity index (χ1v) is 8.46. The zero-order chi connectivity index (χ0) is 14.3. The summed E-state index contributed by atoms with van der Waals surface area (Å²) in [6.07, 6.45) is 3.92. The van der Waals surface area contributed by atoms with Gasteiger partial charge >= 0.3 is 6.09 Å². The van der Waals surface area contributed by atoms with Gasteiger partial charge in [0.05, 0.1) is 0 Å². The molecule has 1 heterocycles. The highest BCUT2D eigenvalue weighted by molar-refractivity contribution is 9.09. The van der Waals surface area contributed by atoms with Crippen LogP contribution in [0.25, 0.3) is 0 Å². The van der Waals surface area contributed by atoms with Gasteiger partial charge in [-0.1, -0.05) is 36.7 Å². The fraction of sp³-hybridized carbons (Fsp3) is 0.933. The molecule has 2 aliphatic rings. The summed E-state index contributed by atoms with van der Waals surface area (Å²) in [5, 5.41) is 10.2. The van der Waals surface area contributed by atoms with E-state index in [2.05, 4.69) is 36.7 Å². The van der Waals surface area contributed by atoms with Gasteiger partial charge < -0.3 is 10.0 Å². The standard InChI is InChI=1S/C15H26BrNO2/c1-14(2,3)12-11(4-7-16)10-15(12)5-8-17(9-6-15)13(18)19/h11-12H,4-10H2,1-3H3,(H,18,19). The maximum atomic E-state index is 11.0. The summed E-state index contributed by atoms with van der Waals surface area (Å²) < 4.78 is 0.